The highest BCUT2D eigenvalue weighted by molar-refractivity contribution is 9.10. The molecular formula is C15H12Br2N2O3. The monoisotopic (exact) mass is 426 g/mol. The Morgan fingerprint density at radius 1 is 0.955 bits per heavy atom. The molecule has 5 nitrogen and oxygen atoms in total. The van der Waals surface area contributed by atoms with Gasteiger partial charge in [-0.1, -0.05) is 37.9 Å². The molecule has 0 aromatic heterocycles. The first-order chi connectivity index (χ1) is 10.5. The third-order valence-corrected chi connectivity index (χ3v) is 3.61. The van der Waals surface area contributed by atoms with Crippen LogP contribution in [0.15, 0.2) is 57.5 Å². The van der Waals surface area contributed by atoms with Crippen LogP contribution in [-0.2, 0) is 4.79 Å². The Hall–Kier alpha value is -1.86. The van der Waals surface area contributed by atoms with Crippen molar-refractivity contribution in [3.8, 4) is 5.75 Å². The lowest BCUT2D eigenvalue weighted by Crippen LogP contribution is -2.43. The van der Waals surface area contributed by atoms with Gasteiger partial charge in [0, 0.05) is 14.5 Å². The molecule has 0 heterocycles. The maximum absolute atomic E-state index is 11.8. The molecule has 2 aromatic rings. The highest BCUT2D eigenvalue weighted by Gasteiger charge is 2.08. The summed E-state index contributed by atoms with van der Waals surface area (Å²) < 4.78 is 6.99. The maximum atomic E-state index is 11.8. The number of hydrogen-bond acceptors (Lipinski definition) is 3. The average Bonchev–Trinajstić information content (AvgIpc) is 2.52. The SMILES string of the molecule is O=C(COc1ccc(Br)cc1)NNC(=O)c1cccc(Br)c1. The van der Waals surface area contributed by atoms with Crippen LogP contribution >= 0.6 is 31.9 Å². The molecule has 2 rings (SSSR count). The van der Waals surface area contributed by atoms with Crippen molar-refractivity contribution in [1.82, 2.24) is 10.9 Å². The molecule has 0 aliphatic rings. The van der Waals surface area contributed by atoms with Gasteiger partial charge < -0.3 is 4.74 Å². The van der Waals surface area contributed by atoms with E-state index in [0.29, 0.717) is 11.3 Å². The third-order valence-electron chi connectivity index (χ3n) is 2.59. The van der Waals surface area contributed by atoms with E-state index in [0.717, 1.165) is 8.95 Å². The van der Waals surface area contributed by atoms with Gasteiger partial charge in [-0.05, 0) is 42.5 Å². The number of hydrogen-bond donors (Lipinski definition) is 2. The van der Waals surface area contributed by atoms with Crippen molar-refractivity contribution in [2.24, 2.45) is 0 Å². The zero-order valence-corrected chi connectivity index (χ0v) is 14.5. The fraction of sp³-hybridized carbons (Fsp3) is 0.0667. The van der Waals surface area contributed by atoms with Crippen LogP contribution in [0, 0.1) is 0 Å². The van der Waals surface area contributed by atoms with Crippen LogP contribution in [0.4, 0.5) is 0 Å². The van der Waals surface area contributed by atoms with E-state index in [1.807, 2.05) is 12.1 Å². The predicted octanol–water partition coefficient (Wildman–Crippen LogP) is 3.05. The van der Waals surface area contributed by atoms with Crippen LogP contribution in [0.1, 0.15) is 10.4 Å². The van der Waals surface area contributed by atoms with Crippen LogP contribution < -0.4 is 15.6 Å². The van der Waals surface area contributed by atoms with Crippen molar-refractivity contribution < 1.29 is 14.3 Å². The molecule has 0 aliphatic carbocycles. The summed E-state index contributed by atoms with van der Waals surface area (Å²) in [7, 11) is 0. The van der Waals surface area contributed by atoms with E-state index in [1.165, 1.54) is 0 Å². The number of ether oxygens (including phenoxy) is 1. The number of nitrogens with one attached hydrogen (secondary N) is 2. The first kappa shape index (κ1) is 16.5. The van der Waals surface area contributed by atoms with Gasteiger partial charge in [0.15, 0.2) is 6.61 Å². The molecule has 0 saturated heterocycles. The lowest BCUT2D eigenvalue weighted by atomic mass is 10.2. The highest BCUT2D eigenvalue weighted by atomic mass is 79.9. The summed E-state index contributed by atoms with van der Waals surface area (Å²) in [6.45, 7) is -0.194. The summed E-state index contributed by atoms with van der Waals surface area (Å²) in [6.07, 6.45) is 0. The number of halogens is 2. The largest absolute Gasteiger partial charge is 0.484 e. The molecule has 0 spiro atoms. The predicted molar refractivity (Wildman–Crippen MR) is 89.4 cm³/mol. The van der Waals surface area contributed by atoms with Gasteiger partial charge in [-0.15, -0.1) is 0 Å². The molecule has 0 saturated carbocycles. The van der Waals surface area contributed by atoms with Crippen LogP contribution in [0.2, 0.25) is 0 Å². The van der Waals surface area contributed by atoms with Crippen molar-refractivity contribution in [1.29, 1.82) is 0 Å². The normalized spacial score (nSPS) is 9.91. The number of rotatable bonds is 4. The smallest absolute Gasteiger partial charge is 0.276 e. The van der Waals surface area contributed by atoms with Crippen molar-refractivity contribution in [3.63, 3.8) is 0 Å². The number of carbonyl (C=O) groups is 2. The Morgan fingerprint density at radius 2 is 1.68 bits per heavy atom. The van der Waals surface area contributed by atoms with Crippen LogP contribution in [-0.4, -0.2) is 18.4 Å². The molecule has 0 unspecified atom stereocenters. The minimum absolute atomic E-state index is 0.194. The lowest BCUT2D eigenvalue weighted by Gasteiger charge is -2.09. The zero-order chi connectivity index (χ0) is 15.9. The van der Waals surface area contributed by atoms with Crippen molar-refractivity contribution in [3.05, 3.63) is 63.0 Å². The van der Waals surface area contributed by atoms with Gasteiger partial charge in [-0.3, -0.25) is 20.4 Å². The molecule has 0 aliphatic heterocycles. The number of amides is 2. The Balaban J connectivity index is 1.78. The number of benzene rings is 2. The Kier molecular flexibility index (Phi) is 5.97. The number of hydrazine groups is 1. The van der Waals surface area contributed by atoms with Gasteiger partial charge in [0.05, 0.1) is 0 Å². The van der Waals surface area contributed by atoms with Gasteiger partial charge in [0.25, 0.3) is 11.8 Å². The molecule has 0 radical (unpaired) electrons. The second kappa shape index (κ2) is 7.95. The van der Waals surface area contributed by atoms with Crippen molar-refractivity contribution >= 4 is 43.7 Å². The standard InChI is InChI=1S/C15H12Br2N2O3/c16-11-4-6-13(7-5-11)22-9-14(20)18-19-15(21)10-2-1-3-12(17)8-10/h1-8H,9H2,(H,18,20)(H,19,21). The Bertz CT molecular complexity index is 675. The fourth-order valence-electron chi connectivity index (χ4n) is 1.54. The van der Waals surface area contributed by atoms with Crippen LogP contribution in [0.5, 0.6) is 5.75 Å². The van der Waals surface area contributed by atoms with Crippen LogP contribution in [0.25, 0.3) is 0 Å². The minimum Gasteiger partial charge on any atom is -0.484 e. The zero-order valence-electron chi connectivity index (χ0n) is 11.3. The topological polar surface area (TPSA) is 67.4 Å². The molecule has 2 aromatic carbocycles. The van der Waals surface area contributed by atoms with E-state index in [2.05, 4.69) is 42.7 Å². The first-order valence-electron chi connectivity index (χ1n) is 6.28. The van der Waals surface area contributed by atoms with Gasteiger partial charge in [0.2, 0.25) is 0 Å². The third kappa shape index (κ3) is 5.16. The van der Waals surface area contributed by atoms with E-state index in [9.17, 15) is 9.59 Å². The second-order valence-corrected chi connectivity index (χ2v) is 6.09. The summed E-state index contributed by atoms with van der Waals surface area (Å²) in [4.78, 5) is 23.4. The molecule has 7 heteroatoms. The summed E-state index contributed by atoms with van der Waals surface area (Å²) in [5.41, 5.74) is 5.05. The summed E-state index contributed by atoms with van der Waals surface area (Å²) >= 11 is 6.58. The molecule has 0 bridgehead atoms. The van der Waals surface area contributed by atoms with Gasteiger partial charge in [-0.2, -0.15) is 0 Å². The molecule has 2 N–H and O–H groups in total. The molecule has 0 atom stereocenters. The first-order valence-corrected chi connectivity index (χ1v) is 7.86. The Labute approximate surface area is 144 Å². The quantitative estimate of drug-likeness (QED) is 0.737. The number of carbonyl (C=O) groups excluding carboxylic acids is 2. The van der Waals surface area contributed by atoms with E-state index in [4.69, 9.17) is 4.74 Å². The maximum Gasteiger partial charge on any atom is 0.276 e. The van der Waals surface area contributed by atoms with Crippen LogP contribution in [0.3, 0.4) is 0 Å². The van der Waals surface area contributed by atoms with E-state index in [-0.39, 0.29) is 6.61 Å². The molecule has 114 valence electrons. The van der Waals surface area contributed by atoms with Crippen molar-refractivity contribution in [2.45, 2.75) is 0 Å². The van der Waals surface area contributed by atoms with E-state index >= 15 is 0 Å². The fourth-order valence-corrected chi connectivity index (χ4v) is 2.21. The molecular weight excluding hydrogens is 416 g/mol. The summed E-state index contributed by atoms with van der Waals surface area (Å²) in [5, 5.41) is 0. The summed E-state index contributed by atoms with van der Waals surface area (Å²) in [5.74, 6) is -0.291. The molecule has 2 amide bonds. The Morgan fingerprint density at radius 3 is 2.36 bits per heavy atom. The van der Waals surface area contributed by atoms with Gasteiger partial charge >= 0.3 is 0 Å². The molecule has 0 fully saturated rings. The summed E-state index contributed by atoms with van der Waals surface area (Å²) in [6, 6.07) is 13.9. The highest BCUT2D eigenvalue weighted by Crippen LogP contribution is 2.15. The lowest BCUT2D eigenvalue weighted by molar-refractivity contribution is -0.123. The van der Waals surface area contributed by atoms with Crippen molar-refractivity contribution in [2.75, 3.05) is 6.61 Å². The van der Waals surface area contributed by atoms with E-state index in [1.54, 1.807) is 36.4 Å². The van der Waals surface area contributed by atoms with Gasteiger partial charge in [0.1, 0.15) is 5.75 Å². The second-order valence-electron chi connectivity index (χ2n) is 4.26. The van der Waals surface area contributed by atoms with Gasteiger partial charge in [-0.25, -0.2) is 0 Å². The molecule has 22 heavy (non-hydrogen) atoms. The van der Waals surface area contributed by atoms with E-state index < -0.39 is 11.8 Å². The average molecular weight is 428 g/mol. The minimum atomic E-state index is -0.453.